The maximum absolute atomic E-state index is 12.0. The second-order valence-corrected chi connectivity index (χ2v) is 8.87. The van der Waals surface area contributed by atoms with Crippen molar-refractivity contribution >= 4 is 28.6 Å². The van der Waals surface area contributed by atoms with E-state index in [1.165, 1.54) is 16.2 Å². The highest BCUT2D eigenvalue weighted by Gasteiger charge is 2.23. The quantitative estimate of drug-likeness (QED) is 0.547. The van der Waals surface area contributed by atoms with Gasteiger partial charge in [0.15, 0.2) is 0 Å². The summed E-state index contributed by atoms with van der Waals surface area (Å²) < 4.78 is 11.8. The second-order valence-electron chi connectivity index (χ2n) is 8.87. The molecule has 0 unspecified atom stereocenters. The monoisotopic (exact) mass is 448 g/mol. The largest absolute Gasteiger partial charge is 0.491 e. The normalized spacial score (nSPS) is 16.4. The molecule has 3 aromatic rings. The van der Waals surface area contributed by atoms with Crippen molar-refractivity contribution in [2.45, 2.75) is 25.7 Å². The van der Waals surface area contributed by atoms with Crippen LogP contribution in [0.25, 0.3) is 11.0 Å². The summed E-state index contributed by atoms with van der Waals surface area (Å²) in [5, 5.41) is 0.974. The van der Waals surface area contributed by atoms with Gasteiger partial charge < -0.3 is 19.8 Å². The van der Waals surface area contributed by atoms with Crippen LogP contribution in [0.15, 0.2) is 52.9 Å². The number of hydrogen-bond acceptors (Lipinski definition) is 5. The van der Waals surface area contributed by atoms with Crippen LogP contribution in [0.1, 0.15) is 24.8 Å². The second kappa shape index (κ2) is 9.75. The summed E-state index contributed by atoms with van der Waals surface area (Å²) in [6.45, 7) is 6.48. The van der Waals surface area contributed by atoms with Gasteiger partial charge >= 0.3 is 6.03 Å². The lowest BCUT2D eigenvalue weighted by Crippen LogP contribution is -2.47. The molecule has 3 heterocycles. The highest BCUT2D eigenvalue weighted by molar-refractivity contribution is 5.92. The number of hydrogen-bond donors (Lipinski definition) is 1. The third-order valence-electron chi connectivity index (χ3n) is 6.68. The SMILES string of the molecule is NC(=O)N(CCCCN1CCN(c2cccc3c2OCCC3)CC1)c1cc2ccccc2o1. The molecule has 1 saturated heterocycles. The molecule has 0 saturated carbocycles. The highest BCUT2D eigenvalue weighted by atomic mass is 16.5. The zero-order valence-corrected chi connectivity index (χ0v) is 19.0. The summed E-state index contributed by atoms with van der Waals surface area (Å²) in [7, 11) is 0. The Kier molecular flexibility index (Phi) is 6.39. The van der Waals surface area contributed by atoms with Crippen LogP contribution in [0.4, 0.5) is 16.4 Å². The van der Waals surface area contributed by atoms with E-state index in [0.717, 1.165) is 81.7 Å². The van der Waals surface area contributed by atoms with Crippen molar-refractivity contribution in [1.29, 1.82) is 0 Å². The molecule has 2 amide bonds. The van der Waals surface area contributed by atoms with Gasteiger partial charge in [0.2, 0.25) is 5.88 Å². The predicted molar refractivity (Wildman–Crippen MR) is 131 cm³/mol. The Bertz CT molecular complexity index is 1070. The van der Waals surface area contributed by atoms with Crippen LogP contribution in [0, 0.1) is 0 Å². The van der Waals surface area contributed by atoms with Crippen molar-refractivity contribution in [3.8, 4) is 5.75 Å². The Morgan fingerprint density at radius 2 is 1.88 bits per heavy atom. The molecular formula is C26H32N4O3. The molecule has 5 rings (SSSR count). The minimum atomic E-state index is -0.476. The van der Waals surface area contributed by atoms with Crippen LogP contribution in [0.2, 0.25) is 0 Å². The molecule has 2 aromatic carbocycles. The van der Waals surface area contributed by atoms with Crippen molar-refractivity contribution in [1.82, 2.24) is 4.90 Å². The number of para-hydroxylation sites is 2. The van der Waals surface area contributed by atoms with E-state index in [-0.39, 0.29) is 0 Å². The summed E-state index contributed by atoms with van der Waals surface area (Å²) in [5.74, 6) is 1.61. The van der Waals surface area contributed by atoms with Gasteiger partial charge in [-0.2, -0.15) is 0 Å². The molecule has 7 heteroatoms. The molecular weight excluding hydrogens is 416 g/mol. The van der Waals surface area contributed by atoms with Gasteiger partial charge in [0, 0.05) is 44.2 Å². The average Bonchev–Trinajstić information content (AvgIpc) is 3.27. The van der Waals surface area contributed by atoms with Crippen molar-refractivity contribution in [2.75, 3.05) is 55.7 Å². The molecule has 0 spiro atoms. The van der Waals surface area contributed by atoms with Gasteiger partial charge in [0.25, 0.3) is 0 Å². The average molecular weight is 449 g/mol. The molecule has 2 aliphatic heterocycles. The fourth-order valence-corrected chi connectivity index (χ4v) is 4.87. The molecule has 174 valence electrons. The van der Waals surface area contributed by atoms with Crippen LogP contribution >= 0.6 is 0 Å². The van der Waals surface area contributed by atoms with Crippen LogP contribution in [-0.2, 0) is 6.42 Å². The fraction of sp³-hybridized carbons (Fsp3) is 0.423. The number of nitrogens with two attached hydrogens (primary N) is 1. The van der Waals surface area contributed by atoms with Crippen molar-refractivity contribution in [3.05, 3.63) is 54.1 Å². The van der Waals surface area contributed by atoms with Gasteiger partial charge in [-0.1, -0.05) is 30.3 Å². The van der Waals surface area contributed by atoms with Gasteiger partial charge in [-0.3, -0.25) is 9.80 Å². The summed E-state index contributed by atoms with van der Waals surface area (Å²) in [6.07, 6.45) is 4.10. The maximum atomic E-state index is 12.0. The van der Waals surface area contributed by atoms with E-state index in [1.54, 1.807) is 0 Å². The number of anilines is 2. The third kappa shape index (κ3) is 4.78. The number of fused-ring (bicyclic) bond motifs is 2. The maximum Gasteiger partial charge on any atom is 0.321 e. The number of urea groups is 1. The van der Waals surface area contributed by atoms with Gasteiger partial charge in [0.1, 0.15) is 11.3 Å². The van der Waals surface area contributed by atoms with E-state index in [1.807, 2.05) is 30.3 Å². The summed E-state index contributed by atoms with van der Waals surface area (Å²) in [4.78, 5) is 18.5. The summed E-state index contributed by atoms with van der Waals surface area (Å²) in [5.41, 5.74) is 8.98. The van der Waals surface area contributed by atoms with Crippen molar-refractivity contribution in [3.63, 3.8) is 0 Å². The van der Waals surface area contributed by atoms with Gasteiger partial charge in [-0.15, -0.1) is 0 Å². The topological polar surface area (TPSA) is 75.2 Å². The number of nitrogens with zero attached hydrogens (tertiary/aromatic N) is 3. The minimum Gasteiger partial charge on any atom is -0.491 e. The van der Waals surface area contributed by atoms with E-state index < -0.39 is 6.03 Å². The lowest BCUT2D eigenvalue weighted by atomic mass is 10.0. The Labute approximate surface area is 194 Å². The fourth-order valence-electron chi connectivity index (χ4n) is 4.87. The van der Waals surface area contributed by atoms with E-state index in [2.05, 4.69) is 28.0 Å². The lowest BCUT2D eigenvalue weighted by molar-refractivity contribution is 0.246. The molecule has 0 bridgehead atoms. The number of piperazine rings is 1. The zero-order valence-electron chi connectivity index (χ0n) is 19.0. The number of amides is 2. The molecule has 1 fully saturated rings. The number of rotatable bonds is 7. The standard InChI is InChI=1S/C26H32N4O3/c27-26(31)30(24-19-21-7-1-2-11-23(21)33-24)13-4-3-12-28-14-16-29(17-15-28)22-10-5-8-20-9-6-18-32-25(20)22/h1-2,5,7-8,10-11,19H,3-4,6,9,12-18H2,(H2,27,31). The first-order valence-corrected chi connectivity index (χ1v) is 12.0. The molecule has 7 nitrogen and oxygen atoms in total. The Hall–Kier alpha value is -3.19. The van der Waals surface area contributed by atoms with E-state index in [0.29, 0.717) is 12.4 Å². The van der Waals surface area contributed by atoms with Crippen molar-refractivity contribution in [2.24, 2.45) is 5.73 Å². The number of carbonyl (C=O) groups is 1. The molecule has 2 N–H and O–H groups in total. The van der Waals surface area contributed by atoms with E-state index in [9.17, 15) is 4.79 Å². The zero-order chi connectivity index (χ0) is 22.6. The number of carbonyl (C=O) groups excluding carboxylic acids is 1. The third-order valence-corrected chi connectivity index (χ3v) is 6.68. The van der Waals surface area contributed by atoms with Gasteiger partial charge in [-0.25, -0.2) is 4.79 Å². The van der Waals surface area contributed by atoms with Crippen LogP contribution in [-0.4, -0.2) is 56.8 Å². The molecule has 0 aliphatic carbocycles. The Morgan fingerprint density at radius 1 is 1.03 bits per heavy atom. The summed E-state index contributed by atoms with van der Waals surface area (Å²) >= 11 is 0. The summed E-state index contributed by atoms with van der Waals surface area (Å²) in [6, 6.07) is 15.7. The molecule has 33 heavy (non-hydrogen) atoms. The van der Waals surface area contributed by atoms with Crippen molar-refractivity contribution < 1.29 is 13.9 Å². The molecule has 1 aromatic heterocycles. The van der Waals surface area contributed by atoms with Gasteiger partial charge in [-0.05, 0) is 49.9 Å². The number of ether oxygens (including phenoxy) is 1. The Morgan fingerprint density at radius 3 is 2.70 bits per heavy atom. The first-order valence-electron chi connectivity index (χ1n) is 12.0. The molecule has 0 radical (unpaired) electrons. The lowest BCUT2D eigenvalue weighted by Gasteiger charge is -2.37. The van der Waals surface area contributed by atoms with Crippen LogP contribution in [0.3, 0.4) is 0 Å². The first kappa shape index (κ1) is 21.6. The highest BCUT2D eigenvalue weighted by Crippen LogP contribution is 2.36. The molecule has 2 aliphatic rings. The van der Waals surface area contributed by atoms with E-state index in [4.69, 9.17) is 14.9 Å². The minimum absolute atomic E-state index is 0.476. The number of unbranched alkanes of at least 4 members (excludes halogenated alkanes) is 1. The van der Waals surface area contributed by atoms with Crippen LogP contribution in [0.5, 0.6) is 5.75 Å². The predicted octanol–water partition coefficient (Wildman–Crippen LogP) is 4.25. The smallest absolute Gasteiger partial charge is 0.321 e. The first-order chi connectivity index (χ1) is 16.2. The van der Waals surface area contributed by atoms with E-state index >= 15 is 0 Å². The number of furan rings is 1. The Balaban J connectivity index is 1.10. The van der Waals surface area contributed by atoms with Crippen LogP contribution < -0.4 is 20.3 Å². The number of primary amides is 1. The number of benzene rings is 2. The number of aryl methyl sites for hydroxylation is 1. The molecule has 0 atom stereocenters. The van der Waals surface area contributed by atoms with Gasteiger partial charge in [0.05, 0.1) is 12.3 Å².